The molecule has 1 aliphatic heterocycles. The van der Waals surface area contributed by atoms with Crippen molar-refractivity contribution in [2.75, 3.05) is 12.3 Å². The molecule has 14 nitrogen and oxygen atoms in total. The number of nitrogen functional groups attached to an aromatic ring is 1. The molecule has 0 aliphatic carbocycles. The first-order chi connectivity index (χ1) is 11.4. The summed E-state index contributed by atoms with van der Waals surface area (Å²) in [6, 6.07) is 1.25. The summed E-state index contributed by atoms with van der Waals surface area (Å²) in [5.41, 5.74) is 4.47. The van der Waals surface area contributed by atoms with E-state index in [2.05, 4.69) is 9.51 Å². The van der Waals surface area contributed by atoms with E-state index in [1.165, 1.54) is 12.3 Å². The highest BCUT2D eigenvalue weighted by Gasteiger charge is 2.45. The number of ether oxygens (including phenoxy) is 1. The van der Waals surface area contributed by atoms with Gasteiger partial charge in [0.2, 0.25) is 0 Å². The maximum atomic E-state index is 11.7. The molecule has 0 amide bonds. The summed E-state index contributed by atoms with van der Waals surface area (Å²) < 4.78 is 32.6. The van der Waals surface area contributed by atoms with E-state index in [9.17, 15) is 29.0 Å². The van der Waals surface area contributed by atoms with Crippen LogP contribution in [0.25, 0.3) is 0 Å². The summed E-state index contributed by atoms with van der Waals surface area (Å²) in [5, 5.41) is 19.9. The van der Waals surface area contributed by atoms with Crippen LogP contribution in [0, 0.1) is 0 Å². The Morgan fingerprint density at radius 3 is 2.52 bits per heavy atom. The lowest BCUT2D eigenvalue weighted by molar-refractivity contribution is -0.0525. The maximum Gasteiger partial charge on any atom is 0.412 e. The fourth-order valence-electron chi connectivity index (χ4n) is 2.08. The fraction of sp³-hybridized carbons (Fsp3) is 0.556. The predicted octanol–water partition coefficient (Wildman–Crippen LogP) is -2.76. The van der Waals surface area contributed by atoms with Crippen LogP contribution in [0.4, 0.5) is 5.82 Å². The van der Waals surface area contributed by atoms with Crippen molar-refractivity contribution in [3.63, 3.8) is 0 Å². The molecule has 0 aromatic carbocycles. The predicted molar refractivity (Wildman–Crippen MR) is 79.8 cm³/mol. The Morgan fingerprint density at radius 2 is 1.96 bits per heavy atom. The van der Waals surface area contributed by atoms with Crippen LogP contribution in [-0.4, -0.2) is 59.4 Å². The van der Waals surface area contributed by atoms with Crippen molar-refractivity contribution in [1.82, 2.24) is 14.4 Å². The number of nitrogens with one attached hydrogen (secondary N) is 1. The Balaban J connectivity index is 2.08. The van der Waals surface area contributed by atoms with Crippen LogP contribution in [0.1, 0.15) is 6.23 Å². The second-order valence-corrected chi connectivity index (χ2v) is 8.24. The molecule has 142 valence electrons. The van der Waals surface area contributed by atoms with Gasteiger partial charge in [-0.25, -0.2) is 13.9 Å². The van der Waals surface area contributed by atoms with Crippen molar-refractivity contribution in [3.8, 4) is 0 Å². The number of aromatic nitrogens is 2. The van der Waals surface area contributed by atoms with E-state index in [-0.39, 0.29) is 5.82 Å². The molecule has 1 aliphatic rings. The normalized spacial score (nSPS) is 29.5. The first kappa shape index (κ1) is 20.1. The zero-order chi connectivity index (χ0) is 19.0. The molecule has 2 heterocycles. The highest BCUT2D eigenvalue weighted by atomic mass is 31.3. The van der Waals surface area contributed by atoms with Gasteiger partial charge in [0.1, 0.15) is 24.1 Å². The molecule has 1 unspecified atom stereocenters. The van der Waals surface area contributed by atoms with Gasteiger partial charge in [0.15, 0.2) is 6.23 Å². The zero-order valence-electron chi connectivity index (χ0n) is 12.3. The van der Waals surface area contributed by atoms with E-state index < -0.39 is 52.3 Å². The van der Waals surface area contributed by atoms with Crippen LogP contribution in [0.2, 0.25) is 0 Å². The number of aliphatic hydroxyl groups excluding tert-OH is 2. The van der Waals surface area contributed by atoms with E-state index in [4.69, 9.17) is 20.3 Å². The molecule has 1 aromatic heterocycles. The van der Waals surface area contributed by atoms with Gasteiger partial charge >= 0.3 is 21.2 Å². The Morgan fingerprint density at radius 1 is 1.32 bits per heavy atom. The maximum absolute atomic E-state index is 11.7. The second-order valence-electron chi connectivity index (χ2n) is 5.05. The molecule has 2 rings (SSSR count). The monoisotopic (exact) mass is 402 g/mol. The Labute approximate surface area is 139 Å². The van der Waals surface area contributed by atoms with Gasteiger partial charge in [-0.2, -0.15) is 4.98 Å². The van der Waals surface area contributed by atoms with E-state index in [1.54, 1.807) is 0 Å². The number of nitrogens with zero attached hydrogens (tertiary/aromatic N) is 2. The van der Waals surface area contributed by atoms with Crippen LogP contribution < -0.4 is 16.3 Å². The first-order valence-electron chi connectivity index (χ1n) is 6.58. The second kappa shape index (κ2) is 7.21. The van der Waals surface area contributed by atoms with Gasteiger partial charge in [-0.15, -0.1) is 4.86 Å². The van der Waals surface area contributed by atoms with Crippen molar-refractivity contribution in [2.24, 2.45) is 0 Å². The van der Waals surface area contributed by atoms with E-state index in [1.807, 2.05) is 0 Å². The molecule has 25 heavy (non-hydrogen) atoms. The topological polar surface area (TPSA) is 227 Å². The average Bonchev–Trinajstić information content (AvgIpc) is 2.71. The summed E-state index contributed by atoms with van der Waals surface area (Å²) in [5.74, 6) is -0.0705. The third kappa shape index (κ3) is 5.15. The molecule has 1 fully saturated rings. The van der Waals surface area contributed by atoms with Crippen LogP contribution in [0.5, 0.6) is 0 Å². The smallest absolute Gasteiger partial charge is 0.387 e. The molecular formula is C9H16N4O10P2. The van der Waals surface area contributed by atoms with Gasteiger partial charge < -0.3 is 35.4 Å². The molecule has 0 radical (unpaired) electrons. The van der Waals surface area contributed by atoms with Gasteiger partial charge in [0.25, 0.3) is 0 Å². The lowest BCUT2D eigenvalue weighted by atomic mass is 10.1. The van der Waals surface area contributed by atoms with Crippen molar-refractivity contribution >= 4 is 21.3 Å². The van der Waals surface area contributed by atoms with Crippen molar-refractivity contribution in [2.45, 2.75) is 24.5 Å². The molecule has 0 saturated carbocycles. The highest BCUT2D eigenvalue weighted by Crippen LogP contribution is 2.48. The van der Waals surface area contributed by atoms with E-state index in [0.29, 0.717) is 0 Å². The molecule has 8 N–H and O–H groups in total. The lowest BCUT2D eigenvalue weighted by Crippen LogP contribution is -2.36. The molecule has 0 spiro atoms. The quantitative estimate of drug-likeness (QED) is 0.240. The van der Waals surface area contributed by atoms with E-state index >= 15 is 0 Å². The van der Waals surface area contributed by atoms with Crippen molar-refractivity contribution in [1.29, 1.82) is 0 Å². The zero-order valence-corrected chi connectivity index (χ0v) is 14.1. The van der Waals surface area contributed by atoms with E-state index in [0.717, 1.165) is 9.42 Å². The van der Waals surface area contributed by atoms with Gasteiger partial charge in [0, 0.05) is 6.20 Å². The molecule has 1 saturated heterocycles. The molecule has 16 heteroatoms. The Hall–Kier alpha value is -1.18. The molecule has 0 bridgehead atoms. The van der Waals surface area contributed by atoms with Gasteiger partial charge in [-0.3, -0.25) is 9.09 Å². The minimum absolute atomic E-state index is 0.0705. The van der Waals surface area contributed by atoms with Crippen molar-refractivity contribution in [3.05, 3.63) is 22.7 Å². The van der Waals surface area contributed by atoms with Crippen LogP contribution in [0.3, 0.4) is 0 Å². The third-order valence-electron chi connectivity index (χ3n) is 3.13. The summed E-state index contributed by atoms with van der Waals surface area (Å²) in [7, 11) is -9.96. The molecule has 1 aromatic rings. The van der Waals surface area contributed by atoms with Gasteiger partial charge in [-0.05, 0) is 6.07 Å². The summed E-state index contributed by atoms with van der Waals surface area (Å²) in [6.07, 6.45) is -4.81. The molecule has 5 atom stereocenters. The number of hydrogen-bond acceptors (Lipinski definition) is 9. The van der Waals surface area contributed by atoms with Crippen molar-refractivity contribution < 1.29 is 43.3 Å². The highest BCUT2D eigenvalue weighted by molar-refractivity contribution is 7.66. The standard InChI is InChI=1S/C9H16N4O10P2/c10-5-1-2-13(9(16)11-5)8-7(15)6(14)4(23-8)3-22-25(20,21)12-24(17,18)19/h1-2,4,6-8,14-15H,3H2,(H2,10,11,16)(H4,12,17,18,19,20,21)/t4-,6-,7-,8-/m1/s1. The third-order valence-corrected chi connectivity index (χ3v) is 5.69. The minimum atomic E-state index is -5.05. The fourth-order valence-corrected chi connectivity index (χ4v) is 3.98. The summed E-state index contributed by atoms with van der Waals surface area (Å²) in [6.45, 7) is -0.813. The lowest BCUT2D eigenvalue weighted by Gasteiger charge is -2.18. The number of nitrogens with two attached hydrogens (primary N) is 1. The Bertz CT molecular complexity index is 780. The first-order valence-corrected chi connectivity index (χ1v) is 9.77. The van der Waals surface area contributed by atoms with Crippen LogP contribution in [-0.2, 0) is 18.4 Å². The summed E-state index contributed by atoms with van der Waals surface area (Å²) >= 11 is 0. The molecular weight excluding hydrogens is 386 g/mol. The number of rotatable bonds is 6. The van der Waals surface area contributed by atoms with Crippen LogP contribution >= 0.6 is 15.5 Å². The summed E-state index contributed by atoms with van der Waals surface area (Å²) in [4.78, 5) is 42.7. The number of anilines is 1. The van der Waals surface area contributed by atoms with Gasteiger partial charge in [0.05, 0.1) is 6.61 Å². The number of hydrogen-bond donors (Lipinski definition) is 7. The minimum Gasteiger partial charge on any atom is -0.387 e. The van der Waals surface area contributed by atoms with Gasteiger partial charge in [-0.1, -0.05) is 0 Å². The average molecular weight is 402 g/mol. The Kier molecular flexibility index (Phi) is 5.81. The SMILES string of the molecule is Nc1ccn([C@@H]2O[C@H](COP(=O)(O)NP(=O)(O)O)[C@@H](O)[C@H]2O)c(=O)n1. The number of aliphatic hydroxyl groups is 2. The largest absolute Gasteiger partial charge is 0.412 e. The van der Waals surface area contributed by atoms with Crippen LogP contribution in [0.15, 0.2) is 17.1 Å².